The molecule has 0 spiro atoms. The maximum absolute atomic E-state index is 12.9. The molecule has 12 heteroatoms. The molecule has 0 saturated carbocycles. The molecular weight excluding hydrogens is 454 g/mol. The fraction of sp³-hybridized carbons (Fsp3) is 0.600. The van der Waals surface area contributed by atoms with E-state index < -0.39 is 20.0 Å². The van der Waals surface area contributed by atoms with Crippen LogP contribution in [0.4, 0.5) is 0 Å². The van der Waals surface area contributed by atoms with Gasteiger partial charge in [-0.2, -0.15) is 9.29 Å². The van der Waals surface area contributed by atoms with Crippen molar-refractivity contribution in [3.05, 3.63) is 30.2 Å². The van der Waals surface area contributed by atoms with Crippen LogP contribution in [0.2, 0.25) is 0 Å². The van der Waals surface area contributed by atoms with Crippen LogP contribution < -0.4 is 0 Å². The highest BCUT2D eigenvalue weighted by Crippen LogP contribution is 2.29. The largest absolute Gasteiger partial charge is 0.339 e. The van der Waals surface area contributed by atoms with Crippen LogP contribution in [0.5, 0.6) is 0 Å². The Morgan fingerprint density at radius 1 is 1.00 bits per heavy atom. The molecule has 32 heavy (non-hydrogen) atoms. The molecule has 0 radical (unpaired) electrons. The summed E-state index contributed by atoms with van der Waals surface area (Å²) in [4.78, 5) is 6.81. The summed E-state index contributed by atoms with van der Waals surface area (Å²) in [5.74, 6) is 0.686. The monoisotopic (exact) mass is 483 g/mol. The predicted molar refractivity (Wildman–Crippen MR) is 119 cm³/mol. The fourth-order valence-electron chi connectivity index (χ4n) is 4.05. The van der Waals surface area contributed by atoms with Gasteiger partial charge in [0.1, 0.15) is 0 Å². The molecule has 1 aromatic carbocycles. The van der Waals surface area contributed by atoms with Crippen molar-refractivity contribution in [2.24, 2.45) is 0 Å². The van der Waals surface area contributed by atoms with Crippen LogP contribution in [0.3, 0.4) is 0 Å². The van der Waals surface area contributed by atoms with E-state index in [-0.39, 0.29) is 16.6 Å². The van der Waals surface area contributed by atoms with Gasteiger partial charge >= 0.3 is 0 Å². The van der Waals surface area contributed by atoms with E-state index in [9.17, 15) is 16.8 Å². The Labute approximate surface area is 189 Å². The average molecular weight is 484 g/mol. The van der Waals surface area contributed by atoms with Gasteiger partial charge in [0.15, 0.2) is 0 Å². The van der Waals surface area contributed by atoms with Gasteiger partial charge in [-0.25, -0.2) is 21.1 Å². The Morgan fingerprint density at radius 2 is 1.69 bits per heavy atom. The molecular formula is C20H29N5O5S2. The van der Waals surface area contributed by atoms with Gasteiger partial charge in [0.05, 0.1) is 16.6 Å². The Morgan fingerprint density at radius 3 is 2.34 bits per heavy atom. The van der Waals surface area contributed by atoms with Crippen LogP contribution >= 0.6 is 0 Å². The minimum absolute atomic E-state index is 0.0676. The first-order valence-corrected chi connectivity index (χ1v) is 13.9. The van der Waals surface area contributed by atoms with E-state index in [2.05, 4.69) is 15.0 Å². The van der Waals surface area contributed by atoms with Gasteiger partial charge in [0, 0.05) is 44.8 Å². The molecule has 10 nitrogen and oxygen atoms in total. The van der Waals surface area contributed by atoms with Crippen LogP contribution in [-0.2, 0) is 20.0 Å². The second kappa shape index (κ2) is 9.18. The van der Waals surface area contributed by atoms with Crippen LogP contribution in [0.15, 0.2) is 33.7 Å². The van der Waals surface area contributed by atoms with Gasteiger partial charge in [-0.05, 0) is 51.1 Å². The van der Waals surface area contributed by atoms with Crippen LogP contribution in [-0.4, -0.2) is 92.6 Å². The molecule has 2 aromatic rings. The summed E-state index contributed by atoms with van der Waals surface area (Å²) in [7, 11) is -4.82. The summed E-state index contributed by atoms with van der Waals surface area (Å²) >= 11 is 0. The zero-order valence-electron chi connectivity index (χ0n) is 18.3. The third-order valence-corrected chi connectivity index (χ3v) is 9.91. The van der Waals surface area contributed by atoms with Crippen molar-refractivity contribution in [3.63, 3.8) is 0 Å². The number of likely N-dealkylation sites (N-methyl/N-ethyl adjacent to an activating group) is 1. The Hall–Kier alpha value is -1.86. The molecule has 1 atom stereocenters. The summed E-state index contributed by atoms with van der Waals surface area (Å²) in [5, 5.41) is 4.04. The molecule has 0 N–H and O–H groups in total. The number of hydrogen-bond acceptors (Lipinski definition) is 8. The van der Waals surface area contributed by atoms with Crippen LogP contribution in [0.25, 0.3) is 11.4 Å². The number of piperidine rings is 1. The molecule has 0 amide bonds. The molecule has 2 aliphatic heterocycles. The second-order valence-corrected chi connectivity index (χ2v) is 12.5. The third kappa shape index (κ3) is 4.74. The van der Waals surface area contributed by atoms with Crippen molar-refractivity contribution in [2.75, 3.05) is 52.1 Å². The number of nitrogens with zero attached hydrogens (tertiary/aromatic N) is 5. The highest BCUT2D eigenvalue weighted by Gasteiger charge is 2.32. The smallest absolute Gasteiger partial charge is 0.243 e. The van der Waals surface area contributed by atoms with Gasteiger partial charge < -0.3 is 9.42 Å². The number of aromatic nitrogens is 2. The van der Waals surface area contributed by atoms with E-state index in [0.717, 1.165) is 12.8 Å². The first-order valence-electron chi connectivity index (χ1n) is 10.8. The molecule has 4 rings (SSSR count). The minimum Gasteiger partial charge on any atom is -0.339 e. The Bertz CT molecular complexity index is 1140. The molecule has 1 aromatic heterocycles. The van der Waals surface area contributed by atoms with Gasteiger partial charge in [-0.15, -0.1) is 0 Å². The van der Waals surface area contributed by atoms with Crippen LogP contribution in [0, 0.1) is 0 Å². The molecule has 0 bridgehead atoms. The zero-order valence-corrected chi connectivity index (χ0v) is 20.0. The molecule has 3 heterocycles. The lowest BCUT2D eigenvalue weighted by atomic mass is 10.00. The van der Waals surface area contributed by atoms with Crippen molar-refractivity contribution in [1.82, 2.24) is 23.7 Å². The van der Waals surface area contributed by atoms with Crippen molar-refractivity contribution < 1.29 is 21.4 Å². The lowest BCUT2D eigenvalue weighted by Crippen LogP contribution is -2.46. The van der Waals surface area contributed by atoms with Gasteiger partial charge in [0.25, 0.3) is 0 Å². The average Bonchev–Trinajstić information content (AvgIpc) is 3.30. The van der Waals surface area contributed by atoms with E-state index >= 15 is 0 Å². The molecule has 2 fully saturated rings. The summed E-state index contributed by atoms with van der Waals surface area (Å²) in [6.07, 6.45) is 1.51. The van der Waals surface area contributed by atoms with Crippen molar-refractivity contribution in [1.29, 1.82) is 0 Å². The molecule has 2 saturated heterocycles. The highest BCUT2D eigenvalue weighted by atomic mass is 32.2. The summed E-state index contributed by atoms with van der Waals surface area (Å²) in [6, 6.07) is 6.48. The molecule has 0 unspecified atom stereocenters. The first-order chi connectivity index (χ1) is 15.2. The molecule has 176 valence electrons. The normalized spacial score (nSPS) is 22.2. The summed E-state index contributed by atoms with van der Waals surface area (Å²) in [5.41, 5.74) is 0.645. The van der Waals surface area contributed by atoms with E-state index in [1.165, 1.54) is 8.61 Å². The Balaban J connectivity index is 1.48. The predicted octanol–water partition coefficient (Wildman–Crippen LogP) is 1.20. The third-order valence-electron chi connectivity index (χ3n) is 6.15. The quantitative estimate of drug-likeness (QED) is 0.602. The topological polar surface area (TPSA) is 117 Å². The number of piperazine rings is 1. The van der Waals surface area contributed by atoms with Gasteiger partial charge in [0.2, 0.25) is 31.8 Å². The number of benzene rings is 1. The number of rotatable bonds is 6. The lowest BCUT2D eigenvalue weighted by molar-refractivity contribution is 0.222. The standard InChI is InChI=1S/C20H29N5O5S2/c1-3-31(26,27)25-10-4-5-17(15-25)20-21-19(22-30-20)16-6-8-18(9-7-16)32(28,29)24-13-11-23(2)12-14-24/h6-9,17H,3-5,10-15H2,1-2H3/t17-/m0/s1. The van der Waals surface area contributed by atoms with Crippen LogP contribution in [0.1, 0.15) is 31.6 Å². The molecule has 0 aliphatic carbocycles. The maximum atomic E-state index is 12.9. The first kappa shape index (κ1) is 23.3. The number of hydrogen-bond donors (Lipinski definition) is 0. The summed E-state index contributed by atoms with van der Waals surface area (Å²) < 4.78 is 58.6. The van der Waals surface area contributed by atoms with Crippen molar-refractivity contribution in [2.45, 2.75) is 30.6 Å². The van der Waals surface area contributed by atoms with Crippen molar-refractivity contribution in [3.8, 4) is 11.4 Å². The highest BCUT2D eigenvalue weighted by molar-refractivity contribution is 7.89. The summed E-state index contributed by atoms with van der Waals surface area (Å²) in [6.45, 7) is 4.85. The van der Waals surface area contributed by atoms with E-state index in [1.54, 1.807) is 31.2 Å². The second-order valence-electron chi connectivity index (χ2n) is 8.29. The SMILES string of the molecule is CCS(=O)(=O)N1CCC[C@H](c2nc(-c3ccc(S(=O)(=O)N4CCN(C)CC4)cc3)no2)C1. The van der Waals surface area contributed by atoms with Gasteiger partial charge in [-0.1, -0.05) is 5.16 Å². The minimum atomic E-state index is -3.54. The fourth-order valence-corrected chi connectivity index (χ4v) is 6.65. The number of sulfonamides is 2. The van der Waals surface area contributed by atoms with Crippen molar-refractivity contribution >= 4 is 20.0 Å². The van der Waals surface area contributed by atoms with E-state index in [1.807, 2.05) is 7.05 Å². The lowest BCUT2D eigenvalue weighted by Gasteiger charge is -2.31. The zero-order chi connectivity index (χ0) is 22.9. The maximum Gasteiger partial charge on any atom is 0.243 e. The Kier molecular flexibility index (Phi) is 6.68. The van der Waals surface area contributed by atoms with E-state index in [4.69, 9.17) is 4.52 Å². The van der Waals surface area contributed by atoms with Gasteiger partial charge in [-0.3, -0.25) is 0 Å². The molecule has 2 aliphatic rings. The van der Waals surface area contributed by atoms with E-state index in [0.29, 0.717) is 56.5 Å².